The third-order valence-electron chi connectivity index (χ3n) is 8.50. The normalized spacial score (nSPS) is 33.5. The van der Waals surface area contributed by atoms with E-state index in [1.807, 2.05) is 6.92 Å². The molecule has 3 heterocycles. The number of hydrogen-bond donors (Lipinski definition) is 4. The number of amides is 1. The van der Waals surface area contributed by atoms with E-state index in [0.717, 1.165) is 19.3 Å². The molecular weight excluding hydrogens is 448 g/mol. The lowest BCUT2D eigenvalue weighted by Crippen LogP contribution is -2.48. The summed E-state index contributed by atoms with van der Waals surface area (Å²) in [5, 5.41) is 30.0. The molecule has 4 N–H and O–H groups in total. The molecular formula is C25H28N6O4. The Morgan fingerprint density at radius 1 is 1.26 bits per heavy atom. The van der Waals surface area contributed by atoms with E-state index >= 15 is 0 Å². The minimum absolute atomic E-state index is 0.176. The maximum atomic E-state index is 12.9. The zero-order valence-corrected chi connectivity index (χ0v) is 19.9. The molecule has 3 fully saturated rings. The Balaban J connectivity index is 1.50. The summed E-state index contributed by atoms with van der Waals surface area (Å²) in [5.74, 6) is 6.11. The topological polar surface area (TPSA) is 138 Å². The Morgan fingerprint density at radius 2 is 2.06 bits per heavy atom. The fraction of sp³-hybridized carbons (Fsp3) is 0.520. The van der Waals surface area contributed by atoms with Crippen LogP contribution in [0.15, 0.2) is 29.1 Å². The van der Waals surface area contributed by atoms with Gasteiger partial charge in [0.2, 0.25) is 11.7 Å². The Bertz CT molecular complexity index is 1380. The molecule has 3 aromatic rings. The molecule has 0 radical (unpaired) electrons. The van der Waals surface area contributed by atoms with Crippen LogP contribution in [0, 0.1) is 29.1 Å². The lowest BCUT2D eigenvalue weighted by Gasteiger charge is -2.33. The number of aliphatic hydroxyl groups is 2. The number of aromatic nitrogens is 4. The number of anilines is 1. The second-order valence-electron chi connectivity index (χ2n) is 10.0. The highest BCUT2D eigenvalue weighted by molar-refractivity contribution is 5.90. The number of nitrogens with zero attached hydrogens (tertiary/aromatic N) is 4. The summed E-state index contributed by atoms with van der Waals surface area (Å²) in [5.41, 5.74) is -3.70. The highest BCUT2D eigenvalue weighted by Gasteiger charge is 2.91. The fourth-order valence-corrected chi connectivity index (χ4v) is 6.52. The average Bonchev–Trinajstić information content (AvgIpc) is 3.30. The minimum atomic E-state index is -1.78. The van der Waals surface area contributed by atoms with Gasteiger partial charge >= 0.3 is 0 Å². The smallest absolute Gasteiger partial charge is 0.229 e. The third kappa shape index (κ3) is 2.68. The molecule has 0 spiro atoms. The van der Waals surface area contributed by atoms with Crippen LogP contribution in [0.5, 0.6) is 0 Å². The van der Waals surface area contributed by atoms with Gasteiger partial charge in [0.05, 0.1) is 18.0 Å². The van der Waals surface area contributed by atoms with E-state index in [0.29, 0.717) is 22.7 Å². The molecule has 1 unspecified atom stereocenters. The van der Waals surface area contributed by atoms with Crippen molar-refractivity contribution in [2.75, 3.05) is 12.4 Å². The van der Waals surface area contributed by atoms with Gasteiger partial charge in [0.1, 0.15) is 5.60 Å². The molecule has 3 aliphatic rings. The number of imidazole rings is 1. The molecule has 3 aliphatic carbocycles. The quantitative estimate of drug-likeness (QED) is 0.417. The van der Waals surface area contributed by atoms with E-state index in [1.54, 1.807) is 32.4 Å². The highest BCUT2D eigenvalue weighted by atomic mass is 16.4. The van der Waals surface area contributed by atoms with E-state index in [1.165, 1.54) is 10.9 Å². The molecule has 0 aliphatic heterocycles. The molecule has 10 nitrogen and oxygen atoms in total. The molecule has 3 aromatic heterocycles. The van der Waals surface area contributed by atoms with Crippen molar-refractivity contribution < 1.29 is 19.4 Å². The van der Waals surface area contributed by atoms with Gasteiger partial charge in [0, 0.05) is 25.4 Å². The Hall–Kier alpha value is -3.42. The molecule has 182 valence electrons. The van der Waals surface area contributed by atoms with Crippen molar-refractivity contribution in [1.82, 2.24) is 24.8 Å². The van der Waals surface area contributed by atoms with Gasteiger partial charge in [-0.1, -0.05) is 13.8 Å². The molecule has 6 rings (SSSR count). The van der Waals surface area contributed by atoms with Gasteiger partial charge in [-0.15, -0.1) is 0 Å². The number of furan rings is 1. The van der Waals surface area contributed by atoms with Crippen molar-refractivity contribution >= 4 is 22.9 Å². The standard InChI is InChI=1S/C25H28N6O4/c1-14-12-23(33,25(34)15(2)24(14,25)22(32)26-3)31-13-27-19-20(28-16-6-4-7-16)29-18(30-21(19)31)10-9-17-8-5-11-35-17/h5,8,11,13-16,33-34H,4,6-7,12H2,1-3H3,(H,26,32)(H,28,29,30)/t14-,15+,23-,24?,25-/m1/s1. The fourth-order valence-electron chi connectivity index (χ4n) is 6.52. The van der Waals surface area contributed by atoms with Gasteiger partial charge < -0.3 is 25.3 Å². The van der Waals surface area contributed by atoms with Crippen molar-refractivity contribution in [3.8, 4) is 11.8 Å². The molecule has 0 saturated heterocycles. The summed E-state index contributed by atoms with van der Waals surface area (Å²) < 4.78 is 6.80. The number of nitrogens with one attached hydrogen (secondary N) is 2. The van der Waals surface area contributed by atoms with Gasteiger partial charge in [-0.05, 0) is 49.2 Å². The third-order valence-corrected chi connectivity index (χ3v) is 8.50. The summed E-state index contributed by atoms with van der Waals surface area (Å²) in [6.07, 6.45) is 6.41. The van der Waals surface area contributed by atoms with Crippen molar-refractivity contribution in [2.24, 2.45) is 17.3 Å². The first-order valence-corrected chi connectivity index (χ1v) is 12.0. The largest absolute Gasteiger partial charge is 0.456 e. The van der Waals surface area contributed by atoms with E-state index in [9.17, 15) is 15.0 Å². The number of carbonyl (C=O) groups excluding carboxylic acids is 1. The predicted octanol–water partition coefficient (Wildman–Crippen LogP) is 1.58. The molecule has 0 bridgehead atoms. The van der Waals surface area contributed by atoms with E-state index in [-0.39, 0.29) is 30.1 Å². The van der Waals surface area contributed by atoms with Crippen LogP contribution in [0.1, 0.15) is 51.1 Å². The molecule has 35 heavy (non-hydrogen) atoms. The Kier molecular flexibility index (Phi) is 4.60. The lowest BCUT2D eigenvalue weighted by molar-refractivity contribution is -0.155. The van der Waals surface area contributed by atoms with Crippen molar-refractivity contribution in [2.45, 2.75) is 56.9 Å². The maximum Gasteiger partial charge on any atom is 0.229 e. The summed E-state index contributed by atoms with van der Waals surface area (Å²) in [6, 6.07) is 3.78. The first-order valence-electron chi connectivity index (χ1n) is 12.0. The van der Waals surface area contributed by atoms with E-state index < -0.39 is 22.7 Å². The van der Waals surface area contributed by atoms with Gasteiger partial charge in [-0.3, -0.25) is 9.36 Å². The van der Waals surface area contributed by atoms with Gasteiger partial charge in [0.15, 0.2) is 28.5 Å². The van der Waals surface area contributed by atoms with Crippen LogP contribution in [0.2, 0.25) is 0 Å². The summed E-state index contributed by atoms with van der Waals surface area (Å²) >= 11 is 0. The van der Waals surface area contributed by atoms with Crippen molar-refractivity contribution in [1.29, 1.82) is 0 Å². The number of hydrogen-bond acceptors (Lipinski definition) is 8. The average molecular weight is 477 g/mol. The molecule has 3 saturated carbocycles. The summed E-state index contributed by atoms with van der Waals surface area (Å²) in [6.45, 7) is 3.69. The van der Waals surface area contributed by atoms with Gasteiger partial charge in [-0.25, -0.2) is 15.0 Å². The van der Waals surface area contributed by atoms with Crippen LogP contribution in [-0.2, 0) is 10.5 Å². The van der Waals surface area contributed by atoms with Crippen LogP contribution >= 0.6 is 0 Å². The predicted molar refractivity (Wildman–Crippen MR) is 126 cm³/mol. The van der Waals surface area contributed by atoms with Crippen LogP contribution in [0.25, 0.3) is 11.2 Å². The first kappa shape index (κ1) is 22.1. The zero-order chi connectivity index (χ0) is 24.6. The highest BCUT2D eigenvalue weighted by Crippen LogP contribution is 2.78. The second kappa shape index (κ2) is 7.29. The van der Waals surface area contributed by atoms with E-state index in [4.69, 9.17) is 4.42 Å². The number of carbonyl (C=O) groups is 1. The second-order valence-corrected chi connectivity index (χ2v) is 10.0. The monoisotopic (exact) mass is 476 g/mol. The van der Waals surface area contributed by atoms with Gasteiger partial charge in [0.25, 0.3) is 0 Å². The van der Waals surface area contributed by atoms with Crippen molar-refractivity contribution in [3.05, 3.63) is 36.3 Å². The Morgan fingerprint density at radius 3 is 2.69 bits per heavy atom. The molecule has 5 atom stereocenters. The minimum Gasteiger partial charge on any atom is -0.456 e. The first-order chi connectivity index (χ1) is 16.8. The zero-order valence-electron chi connectivity index (χ0n) is 19.9. The summed E-state index contributed by atoms with van der Waals surface area (Å²) in [4.78, 5) is 26.7. The van der Waals surface area contributed by atoms with Crippen LogP contribution in [0.3, 0.4) is 0 Å². The SMILES string of the molecule is CNC(=O)C12[C@H](C)C[C@](O)(n3cnc4c(NC5CCC5)nc(C#Cc5ccco5)nc43)[C@]1(O)[C@H]2C. The Labute approximate surface area is 202 Å². The van der Waals surface area contributed by atoms with Crippen LogP contribution in [0.4, 0.5) is 5.82 Å². The van der Waals surface area contributed by atoms with Crippen LogP contribution < -0.4 is 10.6 Å². The number of rotatable bonds is 4. The number of fused-ring (bicyclic) bond motifs is 2. The molecule has 10 heteroatoms. The van der Waals surface area contributed by atoms with E-state index in [2.05, 4.69) is 37.4 Å². The molecule has 1 amide bonds. The maximum absolute atomic E-state index is 12.9. The van der Waals surface area contributed by atoms with Gasteiger partial charge in [-0.2, -0.15) is 0 Å². The van der Waals surface area contributed by atoms with Crippen molar-refractivity contribution in [3.63, 3.8) is 0 Å². The summed E-state index contributed by atoms with van der Waals surface area (Å²) in [7, 11) is 1.55. The van der Waals surface area contributed by atoms with Crippen LogP contribution in [-0.4, -0.2) is 54.3 Å². The lowest BCUT2D eigenvalue weighted by atomic mass is 9.87. The molecule has 0 aromatic carbocycles.